The number of benzene rings is 2. The number of fused-ring (bicyclic) bond motifs is 2. The maximum absolute atomic E-state index is 5.62. The number of nitrogens with zero attached hydrogens (tertiary/aromatic N) is 3. The Bertz CT molecular complexity index is 1000. The Labute approximate surface area is 143 Å². The largest absolute Gasteiger partial charge is 0.486 e. The summed E-state index contributed by atoms with van der Waals surface area (Å²) in [5, 5.41) is 8.83. The van der Waals surface area contributed by atoms with Gasteiger partial charge >= 0.3 is 0 Å². The number of para-hydroxylation sites is 1. The number of thiazole rings is 1. The summed E-state index contributed by atoms with van der Waals surface area (Å²) in [7, 11) is 2.01. The van der Waals surface area contributed by atoms with Gasteiger partial charge in [-0.25, -0.2) is 0 Å². The number of rotatable bonds is 2. The average Bonchev–Trinajstić information content (AvgIpc) is 2.95. The zero-order valence-corrected chi connectivity index (χ0v) is 14.3. The number of hydrogen-bond acceptors (Lipinski definition) is 5. The van der Waals surface area contributed by atoms with Gasteiger partial charge in [0.05, 0.1) is 15.9 Å². The van der Waals surface area contributed by atoms with Crippen LogP contribution in [0, 0.1) is 0 Å². The number of hydrogen-bond donors (Lipinski definition) is 0. The third kappa shape index (κ3) is 2.69. The molecule has 24 heavy (non-hydrogen) atoms. The zero-order chi connectivity index (χ0) is 16.5. The second-order valence-electron chi connectivity index (χ2n) is 5.56. The van der Waals surface area contributed by atoms with Gasteiger partial charge in [0.2, 0.25) is 4.80 Å². The van der Waals surface area contributed by atoms with Gasteiger partial charge in [0.1, 0.15) is 13.2 Å². The lowest BCUT2D eigenvalue weighted by Gasteiger charge is -2.18. The van der Waals surface area contributed by atoms with Gasteiger partial charge in [0.15, 0.2) is 11.5 Å². The summed E-state index contributed by atoms with van der Waals surface area (Å²) in [5.74, 6) is 1.55. The lowest BCUT2D eigenvalue weighted by Crippen LogP contribution is -2.15. The molecular formula is C18H17N3O2S. The predicted octanol–water partition coefficient (Wildman–Crippen LogP) is 3.34. The normalized spacial score (nSPS) is 15.1. The van der Waals surface area contributed by atoms with E-state index in [1.807, 2.05) is 44.3 Å². The van der Waals surface area contributed by atoms with Crippen molar-refractivity contribution in [3.63, 3.8) is 0 Å². The topological polar surface area (TPSA) is 48.1 Å². The van der Waals surface area contributed by atoms with E-state index in [0.29, 0.717) is 13.2 Å². The highest BCUT2D eigenvalue weighted by Crippen LogP contribution is 2.30. The first-order valence-corrected chi connectivity index (χ1v) is 8.57. The van der Waals surface area contributed by atoms with Crippen molar-refractivity contribution in [3.8, 4) is 11.5 Å². The molecule has 0 radical (unpaired) electrons. The monoisotopic (exact) mass is 339 g/mol. The molecule has 0 fully saturated rings. The molecule has 0 saturated heterocycles. The van der Waals surface area contributed by atoms with Gasteiger partial charge in [-0.05, 0) is 37.3 Å². The Morgan fingerprint density at radius 3 is 2.71 bits per heavy atom. The molecule has 2 aromatic carbocycles. The van der Waals surface area contributed by atoms with Crippen LogP contribution in [0.25, 0.3) is 10.2 Å². The fourth-order valence-corrected chi connectivity index (χ4v) is 3.59. The van der Waals surface area contributed by atoms with Crippen LogP contribution in [0.3, 0.4) is 0 Å². The molecule has 3 aromatic rings. The van der Waals surface area contributed by atoms with Crippen LogP contribution in [-0.2, 0) is 7.05 Å². The molecule has 0 aliphatic carbocycles. The van der Waals surface area contributed by atoms with Crippen molar-refractivity contribution in [1.29, 1.82) is 0 Å². The van der Waals surface area contributed by atoms with E-state index >= 15 is 0 Å². The molecule has 1 aliphatic rings. The van der Waals surface area contributed by atoms with Crippen molar-refractivity contribution >= 4 is 27.3 Å². The minimum Gasteiger partial charge on any atom is -0.486 e. The first-order chi connectivity index (χ1) is 11.7. The minimum absolute atomic E-state index is 0.578. The molecule has 0 saturated carbocycles. The van der Waals surface area contributed by atoms with Crippen molar-refractivity contribution in [1.82, 2.24) is 4.57 Å². The molecule has 6 heteroatoms. The van der Waals surface area contributed by atoms with E-state index in [0.717, 1.165) is 33.1 Å². The highest BCUT2D eigenvalue weighted by atomic mass is 32.1. The highest BCUT2D eigenvalue weighted by molar-refractivity contribution is 7.16. The number of aromatic nitrogens is 1. The molecule has 1 aliphatic heterocycles. The minimum atomic E-state index is 0.578. The average molecular weight is 339 g/mol. The molecule has 1 aromatic heterocycles. The standard InChI is InChI=1S/C18H17N3O2S/c1-12(13-7-8-15-16(11-13)23-10-9-22-15)19-20-18-21(2)14-5-3-4-6-17(14)24-18/h3-8,11H,9-10H2,1-2H3. The molecular weight excluding hydrogens is 322 g/mol. The van der Waals surface area contributed by atoms with E-state index < -0.39 is 0 Å². The van der Waals surface area contributed by atoms with Crippen molar-refractivity contribution < 1.29 is 9.47 Å². The first-order valence-electron chi connectivity index (χ1n) is 7.75. The van der Waals surface area contributed by atoms with Crippen molar-refractivity contribution in [2.45, 2.75) is 6.92 Å². The predicted molar refractivity (Wildman–Crippen MR) is 96.0 cm³/mol. The van der Waals surface area contributed by atoms with Crippen LogP contribution < -0.4 is 14.3 Å². The van der Waals surface area contributed by atoms with Crippen molar-refractivity contribution in [2.75, 3.05) is 13.2 Å². The summed E-state index contributed by atoms with van der Waals surface area (Å²) < 4.78 is 14.4. The lowest BCUT2D eigenvalue weighted by molar-refractivity contribution is 0.171. The van der Waals surface area contributed by atoms with Crippen LogP contribution in [0.4, 0.5) is 0 Å². The van der Waals surface area contributed by atoms with Crippen molar-refractivity contribution in [2.24, 2.45) is 17.3 Å². The van der Waals surface area contributed by atoms with Crippen LogP contribution in [-0.4, -0.2) is 23.5 Å². The van der Waals surface area contributed by atoms with Crippen LogP contribution in [0.2, 0.25) is 0 Å². The van der Waals surface area contributed by atoms with E-state index in [-0.39, 0.29) is 0 Å². The molecule has 4 rings (SSSR count). The SMILES string of the molecule is CC(=NN=c1sc2ccccc2n1C)c1ccc2c(c1)OCCO2. The molecule has 122 valence electrons. The second-order valence-corrected chi connectivity index (χ2v) is 6.56. The maximum Gasteiger partial charge on any atom is 0.211 e. The Hall–Kier alpha value is -2.60. The third-order valence-corrected chi connectivity index (χ3v) is 5.06. The summed E-state index contributed by atoms with van der Waals surface area (Å²) in [4.78, 5) is 0.869. The fourth-order valence-electron chi connectivity index (χ4n) is 2.62. The van der Waals surface area contributed by atoms with Crippen LogP contribution in [0.1, 0.15) is 12.5 Å². The molecule has 2 heterocycles. The maximum atomic E-state index is 5.62. The summed E-state index contributed by atoms with van der Waals surface area (Å²) in [6.07, 6.45) is 0. The molecule has 0 spiro atoms. The van der Waals surface area contributed by atoms with E-state index in [1.165, 1.54) is 4.70 Å². The molecule has 0 atom stereocenters. The number of aryl methyl sites for hydroxylation is 1. The van der Waals surface area contributed by atoms with E-state index in [9.17, 15) is 0 Å². The van der Waals surface area contributed by atoms with Crippen LogP contribution in [0.15, 0.2) is 52.7 Å². The lowest BCUT2D eigenvalue weighted by atomic mass is 10.1. The number of ether oxygens (including phenoxy) is 2. The molecule has 0 N–H and O–H groups in total. The molecule has 5 nitrogen and oxygen atoms in total. The van der Waals surface area contributed by atoms with E-state index in [2.05, 4.69) is 26.9 Å². The fraction of sp³-hybridized carbons (Fsp3) is 0.222. The second kappa shape index (κ2) is 6.13. The quantitative estimate of drug-likeness (QED) is 0.531. The van der Waals surface area contributed by atoms with Gasteiger partial charge in [0, 0.05) is 12.6 Å². The molecule has 0 unspecified atom stereocenters. The van der Waals surface area contributed by atoms with Gasteiger partial charge in [-0.2, -0.15) is 5.10 Å². The summed E-state index contributed by atoms with van der Waals surface area (Å²) in [6.45, 7) is 3.12. The smallest absolute Gasteiger partial charge is 0.211 e. The third-order valence-electron chi connectivity index (χ3n) is 3.96. The van der Waals surface area contributed by atoms with Crippen LogP contribution >= 0.6 is 11.3 Å². The Balaban J connectivity index is 1.70. The summed E-state index contributed by atoms with van der Waals surface area (Å²) in [5.41, 5.74) is 2.98. The Morgan fingerprint density at radius 1 is 1.08 bits per heavy atom. The highest BCUT2D eigenvalue weighted by Gasteiger charge is 2.12. The summed E-state index contributed by atoms with van der Waals surface area (Å²) in [6, 6.07) is 14.1. The molecule has 0 amide bonds. The summed E-state index contributed by atoms with van der Waals surface area (Å²) >= 11 is 1.63. The van der Waals surface area contributed by atoms with Gasteiger partial charge in [-0.15, -0.1) is 5.10 Å². The Kier molecular flexibility index (Phi) is 3.82. The van der Waals surface area contributed by atoms with Crippen LogP contribution in [0.5, 0.6) is 11.5 Å². The van der Waals surface area contributed by atoms with E-state index in [4.69, 9.17) is 9.47 Å². The zero-order valence-electron chi connectivity index (χ0n) is 13.5. The van der Waals surface area contributed by atoms with Crippen molar-refractivity contribution in [3.05, 3.63) is 52.8 Å². The van der Waals surface area contributed by atoms with Gasteiger partial charge in [0.25, 0.3) is 0 Å². The van der Waals surface area contributed by atoms with Gasteiger partial charge in [-0.3, -0.25) is 0 Å². The van der Waals surface area contributed by atoms with E-state index in [1.54, 1.807) is 11.3 Å². The van der Waals surface area contributed by atoms with Gasteiger partial charge in [-0.1, -0.05) is 23.5 Å². The van der Waals surface area contributed by atoms with Gasteiger partial charge < -0.3 is 14.0 Å². The Morgan fingerprint density at radius 2 is 1.88 bits per heavy atom. The molecule has 0 bridgehead atoms. The first kappa shape index (κ1) is 15.0.